The van der Waals surface area contributed by atoms with Gasteiger partial charge in [-0.15, -0.1) is 0 Å². The second-order valence-corrected chi connectivity index (χ2v) is 12.1. The second kappa shape index (κ2) is 12.6. The fourth-order valence-corrected chi connectivity index (χ4v) is 6.39. The maximum Gasteiger partial charge on any atom is 0.231 e. The Bertz CT molecular complexity index is 1730. The summed E-state index contributed by atoms with van der Waals surface area (Å²) in [5, 5.41) is 0. The van der Waals surface area contributed by atoms with E-state index in [1.54, 1.807) is 12.1 Å². The van der Waals surface area contributed by atoms with Gasteiger partial charge in [-0.2, -0.15) is 0 Å². The SMILES string of the molecule is CCCCn1c(-c2cccc(F)c2)nc(-c2ccccc2)c1CN(CC1=CC2(C)OCOC2C=C1)Cc1ccc2c(c1)OCO2. The van der Waals surface area contributed by atoms with Crippen molar-refractivity contribution in [2.75, 3.05) is 20.1 Å². The van der Waals surface area contributed by atoms with Gasteiger partial charge in [-0.25, -0.2) is 9.37 Å². The van der Waals surface area contributed by atoms with E-state index in [4.69, 9.17) is 23.9 Å². The second-order valence-electron chi connectivity index (χ2n) is 12.1. The van der Waals surface area contributed by atoms with Crippen LogP contribution in [0.25, 0.3) is 22.6 Å². The molecule has 3 aliphatic rings. The molecule has 7 nitrogen and oxygen atoms in total. The largest absolute Gasteiger partial charge is 0.454 e. The number of unbranched alkanes of at least 4 members (excludes halogenated alkanes) is 1. The zero-order valence-electron chi connectivity index (χ0n) is 25.7. The minimum Gasteiger partial charge on any atom is -0.454 e. The summed E-state index contributed by atoms with van der Waals surface area (Å²) in [7, 11) is 0. The van der Waals surface area contributed by atoms with E-state index in [2.05, 4.69) is 65.8 Å². The molecule has 0 bridgehead atoms. The molecule has 0 spiro atoms. The number of ether oxygens (including phenoxy) is 4. The van der Waals surface area contributed by atoms with E-state index in [0.29, 0.717) is 19.6 Å². The summed E-state index contributed by atoms with van der Waals surface area (Å²) in [6.07, 6.45) is 8.37. The van der Waals surface area contributed by atoms with Crippen LogP contribution >= 0.6 is 0 Å². The smallest absolute Gasteiger partial charge is 0.231 e. The highest BCUT2D eigenvalue weighted by Crippen LogP contribution is 2.36. The van der Waals surface area contributed by atoms with Crippen LogP contribution in [0.4, 0.5) is 4.39 Å². The van der Waals surface area contributed by atoms with Crippen molar-refractivity contribution in [3.05, 3.63) is 114 Å². The highest BCUT2D eigenvalue weighted by Gasteiger charge is 2.40. The normalized spacial score (nSPS) is 20.1. The van der Waals surface area contributed by atoms with E-state index in [1.165, 1.54) is 6.07 Å². The van der Waals surface area contributed by atoms with Crippen molar-refractivity contribution in [2.24, 2.45) is 0 Å². The van der Waals surface area contributed by atoms with Gasteiger partial charge < -0.3 is 23.5 Å². The first-order valence-electron chi connectivity index (χ1n) is 15.7. The number of nitrogens with zero attached hydrogens (tertiary/aromatic N) is 3. The van der Waals surface area contributed by atoms with E-state index in [1.807, 2.05) is 30.3 Å². The molecular weight excluding hydrogens is 569 g/mol. The maximum atomic E-state index is 14.5. The zero-order chi connectivity index (χ0) is 30.8. The molecule has 7 rings (SSSR count). The number of imidazole rings is 1. The summed E-state index contributed by atoms with van der Waals surface area (Å²) < 4.78 is 39.9. The summed E-state index contributed by atoms with van der Waals surface area (Å²) in [6, 6.07) is 23.2. The Hall–Kier alpha value is -4.24. The van der Waals surface area contributed by atoms with Crippen LogP contribution in [0.15, 0.2) is 96.6 Å². The Labute approximate surface area is 263 Å². The van der Waals surface area contributed by atoms with Gasteiger partial charge in [-0.1, -0.05) is 74.0 Å². The van der Waals surface area contributed by atoms with Crippen molar-refractivity contribution >= 4 is 0 Å². The first-order valence-corrected chi connectivity index (χ1v) is 15.7. The predicted octanol–water partition coefficient (Wildman–Crippen LogP) is 7.52. The molecule has 1 fully saturated rings. The Kier molecular flexibility index (Phi) is 8.27. The van der Waals surface area contributed by atoms with Crippen molar-refractivity contribution in [2.45, 2.75) is 58.0 Å². The highest BCUT2D eigenvalue weighted by molar-refractivity contribution is 5.68. The molecule has 1 aliphatic carbocycles. The molecule has 0 saturated carbocycles. The average Bonchev–Trinajstić information content (AvgIpc) is 3.76. The van der Waals surface area contributed by atoms with Gasteiger partial charge in [0.05, 0.1) is 11.4 Å². The first kappa shape index (κ1) is 29.5. The quantitative estimate of drug-likeness (QED) is 0.176. The Morgan fingerprint density at radius 2 is 1.78 bits per heavy atom. The van der Waals surface area contributed by atoms with Gasteiger partial charge in [0.15, 0.2) is 11.5 Å². The van der Waals surface area contributed by atoms with Crippen molar-refractivity contribution in [1.82, 2.24) is 14.5 Å². The lowest BCUT2D eigenvalue weighted by atomic mass is 9.90. The van der Waals surface area contributed by atoms with Crippen LogP contribution in [0, 0.1) is 5.82 Å². The lowest BCUT2D eigenvalue weighted by Gasteiger charge is -2.30. The number of fused-ring (bicyclic) bond motifs is 2. The molecule has 2 aliphatic heterocycles. The van der Waals surface area contributed by atoms with Crippen molar-refractivity contribution < 1.29 is 23.3 Å². The number of aromatic nitrogens is 2. The molecular formula is C37H38FN3O4. The molecule has 0 N–H and O–H groups in total. The number of rotatable bonds is 11. The number of benzene rings is 3. The molecule has 3 heterocycles. The Morgan fingerprint density at radius 1 is 0.933 bits per heavy atom. The molecule has 3 aromatic carbocycles. The van der Waals surface area contributed by atoms with Gasteiger partial charge in [0, 0.05) is 37.3 Å². The van der Waals surface area contributed by atoms with E-state index < -0.39 is 5.60 Å². The summed E-state index contributed by atoms with van der Waals surface area (Å²) in [4.78, 5) is 7.65. The van der Waals surface area contributed by atoms with Crippen LogP contribution in [0.2, 0.25) is 0 Å². The van der Waals surface area contributed by atoms with E-state index in [-0.39, 0.29) is 25.5 Å². The Morgan fingerprint density at radius 3 is 2.62 bits per heavy atom. The molecule has 232 valence electrons. The molecule has 4 aromatic rings. The zero-order valence-corrected chi connectivity index (χ0v) is 25.7. The fraction of sp³-hybridized carbons (Fsp3) is 0.324. The molecule has 8 heteroatoms. The van der Waals surface area contributed by atoms with E-state index in [9.17, 15) is 4.39 Å². The van der Waals surface area contributed by atoms with Crippen LogP contribution in [0.3, 0.4) is 0 Å². The van der Waals surface area contributed by atoms with Gasteiger partial charge in [0.2, 0.25) is 6.79 Å². The minimum atomic E-state index is -0.489. The molecule has 45 heavy (non-hydrogen) atoms. The van der Waals surface area contributed by atoms with Crippen LogP contribution in [0.1, 0.15) is 37.9 Å². The fourth-order valence-electron chi connectivity index (χ4n) is 6.39. The van der Waals surface area contributed by atoms with Crippen LogP contribution in [-0.4, -0.2) is 46.3 Å². The third-order valence-electron chi connectivity index (χ3n) is 8.70. The summed E-state index contributed by atoms with van der Waals surface area (Å²) in [5.74, 6) is 2.04. The number of halogens is 1. The molecule has 2 unspecified atom stereocenters. The summed E-state index contributed by atoms with van der Waals surface area (Å²) in [6.45, 7) is 7.54. The third kappa shape index (κ3) is 6.18. The van der Waals surface area contributed by atoms with Crippen LogP contribution in [-0.2, 0) is 29.1 Å². The highest BCUT2D eigenvalue weighted by atomic mass is 19.1. The molecule has 1 saturated heterocycles. The predicted molar refractivity (Wildman–Crippen MR) is 171 cm³/mol. The van der Waals surface area contributed by atoms with Crippen LogP contribution in [0.5, 0.6) is 11.5 Å². The molecule has 1 aromatic heterocycles. The maximum absolute atomic E-state index is 14.5. The standard InChI is InChI=1S/C37H38FN3O4/c1-3-4-17-41-31(35(28-9-6-5-7-10-28)39-36(41)29-11-8-12-30(38)19-29)23-40(21-26-13-15-32-33(18-26)43-24-42-32)22-27-14-16-34-37(2,20-27)45-25-44-34/h5-16,18-20,34H,3-4,17,21-25H2,1-2H3. The third-order valence-corrected chi connectivity index (χ3v) is 8.70. The Balaban J connectivity index is 1.31. The van der Waals surface area contributed by atoms with Gasteiger partial charge in [0.1, 0.15) is 30.1 Å². The topological polar surface area (TPSA) is 58.0 Å². The van der Waals surface area contributed by atoms with Crippen molar-refractivity contribution in [3.8, 4) is 34.1 Å². The first-order chi connectivity index (χ1) is 22.0. The van der Waals surface area contributed by atoms with Crippen molar-refractivity contribution in [1.29, 1.82) is 0 Å². The minimum absolute atomic E-state index is 0.0856. The summed E-state index contributed by atoms with van der Waals surface area (Å²) in [5.41, 5.74) is 5.60. The van der Waals surface area contributed by atoms with Gasteiger partial charge in [-0.3, -0.25) is 4.90 Å². The molecule has 0 amide bonds. The van der Waals surface area contributed by atoms with Gasteiger partial charge in [-0.05, 0) is 54.8 Å². The number of hydrogen-bond acceptors (Lipinski definition) is 6. The van der Waals surface area contributed by atoms with Crippen LogP contribution < -0.4 is 9.47 Å². The lowest BCUT2D eigenvalue weighted by molar-refractivity contribution is 0.0249. The van der Waals surface area contributed by atoms with Gasteiger partial charge >= 0.3 is 0 Å². The van der Waals surface area contributed by atoms with E-state index >= 15 is 0 Å². The van der Waals surface area contributed by atoms with E-state index in [0.717, 1.165) is 70.4 Å². The van der Waals surface area contributed by atoms with Crippen molar-refractivity contribution in [3.63, 3.8) is 0 Å². The number of hydrogen-bond donors (Lipinski definition) is 0. The van der Waals surface area contributed by atoms with Gasteiger partial charge in [0.25, 0.3) is 0 Å². The molecule has 0 radical (unpaired) electrons. The monoisotopic (exact) mass is 607 g/mol. The summed E-state index contributed by atoms with van der Waals surface area (Å²) >= 11 is 0. The lowest BCUT2D eigenvalue weighted by Crippen LogP contribution is -2.36. The average molecular weight is 608 g/mol. The molecule has 2 atom stereocenters.